The number of rotatable bonds is 6. The molecule has 2 aromatic rings. The van der Waals surface area contributed by atoms with Crippen molar-refractivity contribution in [1.29, 1.82) is 0 Å². The number of hydrogen-bond donors (Lipinski definition) is 2. The number of ether oxygens (including phenoxy) is 1. The highest BCUT2D eigenvalue weighted by atomic mass is 16.5. The number of nitrogens with two attached hydrogens (primary N) is 1. The first kappa shape index (κ1) is 16.6. The van der Waals surface area contributed by atoms with Gasteiger partial charge in [-0.3, -0.25) is 0 Å². The van der Waals surface area contributed by atoms with Crippen molar-refractivity contribution in [2.45, 2.75) is 20.0 Å². The van der Waals surface area contributed by atoms with Gasteiger partial charge >= 0.3 is 6.09 Å². The monoisotopic (exact) mass is 310 g/mol. The van der Waals surface area contributed by atoms with Crippen LogP contribution in [0.2, 0.25) is 0 Å². The molecule has 4 nitrogen and oxygen atoms in total. The minimum Gasteiger partial charge on any atom is -0.445 e. The minimum absolute atomic E-state index is 0.283. The molecule has 2 aromatic carbocycles. The van der Waals surface area contributed by atoms with Gasteiger partial charge < -0.3 is 15.8 Å². The third-order valence-electron chi connectivity index (χ3n) is 3.41. The van der Waals surface area contributed by atoms with Crippen molar-refractivity contribution in [2.75, 3.05) is 12.3 Å². The Balaban J connectivity index is 1.65. The van der Waals surface area contributed by atoms with Crippen LogP contribution in [0.4, 0.5) is 10.5 Å². The van der Waals surface area contributed by atoms with E-state index in [2.05, 4.69) is 5.32 Å². The lowest BCUT2D eigenvalue weighted by Crippen LogP contribution is -2.24. The van der Waals surface area contributed by atoms with Crippen molar-refractivity contribution >= 4 is 17.9 Å². The smallest absolute Gasteiger partial charge is 0.407 e. The zero-order valence-corrected chi connectivity index (χ0v) is 13.3. The van der Waals surface area contributed by atoms with E-state index in [4.69, 9.17) is 10.5 Å². The van der Waals surface area contributed by atoms with Crippen molar-refractivity contribution in [1.82, 2.24) is 5.32 Å². The Labute approximate surface area is 137 Å². The van der Waals surface area contributed by atoms with E-state index in [0.29, 0.717) is 6.54 Å². The van der Waals surface area contributed by atoms with E-state index in [9.17, 15) is 4.79 Å². The fourth-order valence-corrected chi connectivity index (χ4v) is 2.01. The summed E-state index contributed by atoms with van der Waals surface area (Å²) in [5.41, 5.74) is 9.75. The Morgan fingerprint density at radius 3 is 2.74 bits per heavy atom. The first-order valence-electron chi connectivity index (χ1n) is 7.62. The molecule has 1 amide bonds. The van der Waals surface area contributed by atoms with E-state index in [0.717, 1.165) is 28.8 Å². The summed E-state index contributed by atoms with van der Waals surface area (Å²) in [5, 5.41) is 2.72. The molecular formula is C19H22N2O2. The lowest BCUT2D eigenvalue weighted by atomic mass is 10.1. The molecule has 0 radical (unpaired) electrons. The highest BCUT2D eigenvalue weighted by molar-refractivity contribution is 5.67. The predicted molar refractivity (Wildman–Crippen MR) is 93.9 cm³/mol. The van der Waals surface area contributed by atoms with Crippen LogP contribution >= 0.6 is 0 Å². The van der Waals surface area contributed by atoms with Gasteiger partial charge in [-0.15, -0.1) is 0 Å². The molecule has 0 unspecified atom stereocenters. The standard InChI is InChI=1S/C19H22N2O2/c1-15-10-11-16(13-18(15)20)7-5-6-12-21-19(22)23-14-17-8-3-2-4-9-17/h2-5,7-11,13H,6,12,14,20H2,1H3,(H,21,22). The van der Waals surface area contributed by atoms with Gasteiger partial charge in [-0.2, -0.15) is 0 Å². The van der Waals surface area contributed by atoms with E-state index in [-0.39, 0.29) is 6.61 Å². The van der Waals surface area contributed by atoms with Crippen LogP contribution in [0, 0.1) is 6.92 Å². The van der Waals surface area contributed by atoms with Crippen LogP contribution in [0.5, 0.6) is 0 Å². The van der Waals surface area contributed by atoms with E-state index in [1.807, 2.05) is 67.6 Å². The van der Waals surface area contributed by atoms with Gasteiger partial charge in [0.2, 0.25) is 0 Å². The van der Waals surface area contributed by atoms with Gasteiger partial charge in [-0.25, -0.2) is 4.79 Å². The summed E-state index contributed by atoms with van der Waals surface area (Å²) < 4.78 is 5.13. The number of anilines is 1. The Hall–Kier alpha value is -2.75. The summed E-state index contributed by atoms with van der Waals surface area (Å²) in [6, 6.07) is 15.5. The van der Waals surface area contributed by atoms with Gasteiger partial charge in [0.1, 0.15) is 6.61 Å². The Bertz CT molecular complexity index is 666. The molecule has 0 bridgehead atoms. The van der Waals surface area contributed by atoms with E-state index >= 15 is 0 Å². The van der Waals surface area contributed by atoms with Crippen LogP contribution in [0.25, 0.3) is 6.08 Å². The van der Waals surface area contributed by atoms with Crippen LogP contribution < -0.4 is 11.1 Å². The highest BCUT2D eigenvalue weighted by Gasteiger charge is 2.00. The van der Waals surface area contributed by atoms with E-state index in [1.54, 1.807) is 0 Å². The predicted octanol–water partition coefficient (Wildman–Crippen LogP) is 3.91. The van der Waals surface area contributed by atoms with Gasteiger partial charge in [-0.05, 0) is 36.1 Å². The fourth-order valence-electron chi connectivity index (χ4n) is 2.01. The van der Waals surface area contributed by atoms with Gasteiger partial charge in [-0.1, -0.05) is 54.6 Å². The second-order valence-electron chi connectivity index (χ2n) is 5.30. The maximum absolute atomic E-state index is 11.6. The lowest BCUT2D eigenvalue weighted by Gasteiger charge is -2.06. The van der Waals surface area contributed by atoms with Crippen molar-refractivity contribution in [3.05, 3.63) is 71.3 Å². The van der Waals surface area contributed by atoms with Gasteiger partial charge in [0, 0.05) is 12.2 Å². The normalized spacial score (nSPS) is 10.7. The number of nitrogen functional groups attached to an aromatic ring is 1. The van der Waals surface area contributed by atoms with Crippen LogP contribution in [0.3, 0.4) is 0 Å². The molecule has 120 valence electrons. The number of hydrogen-bond acceptors (Lipinski definition) is 3. The molecule has 3 N–H and O–H groups in total. The summed E-state index contributed by atoms with van der Waals surface area (Å²) in [6.07, 6.45) is 4.32. The summed E-state index contributed by atoms with van der Waals surface area (Å²) in [7, 11) is 0. The average Bonchev–Trinajstić information content (AvgIpc) is 2.57. The maximum Gasteiger partial charge on any atom is 0.407 e. The molecule has 0 spiro atoms. The van der Waals surface area contributed by atoms with Gasteiger partial charge in [0.25, 0.3) is 0 Å². The molecule has 2 rings (SSSR count). The molecule has 0 heterocycles. The molecule has 0 aliphatic heterocycles. The first-order valence-corrected chi connectivity index (χ1v) is 7.62. The highest BCUT2D eigenvalue weighted by Crippen LogP contribution is 2.14. The molecule has 0 atom stereocenters. The zero-order chi connectivity index (χ0) is 16.5. The summed E-state index contributed by atoms with van der Waals surface area (Å²) >= 11 is 0. The average molecular weight is 310 g/mol. The Morgan fingerprint density at radius 2 is 2.00 bits per heavy atom. The topological polar surface area (TPSA) is 64.3 Å². The SMILES string of the molecule is Cc1ccc(C=CCCNC(=O)OCc2ccccc2)cc1N. The molecule has 0 saturated carbocycles. The molecule has 0 aromatic heterocycles. The van der Waals surface area contributed by atoms with Gasteiger partial charge in [0.15, 0.2) is 0 Å². The number of aryl methyl sites for hydroxylation is 1. The van der Waals surface area contributed by atoms with Crippen LogP contribution in [-0.2, 0) is 11.3 Å². The molecule has 0 saturated heterocycles. The molecule has 0 aliphatic carbocycles. The van der Waals surface area contributed by atoms with Crippen LogP contribution in [-0.4, -0.2) is 12.6 Å². The van der Waals surface area contributed by atoms with Gasteiger partial charge in [0.05, 0.1) is 0 Å². The molecular weight excluding hydrogens is 288 g/mol. The second-order valence-corrected chi connectivity index (χ2v) is 5.30. The van der Waals surface area contributed by atoms with Crippen molar-refractivity contribution in [3.8, 4) is 0 Å². The number of alkyl carbamates (subject to hydrolysis) is 1. The molecule has 4 heteroatoms. The lowest BCUT2D eigenvalue weighted by molar-refractivity contribution is 0.140. The Kier molecular flexibility index (Phi) is 6.24. The third-order valence-corrected chi connectivity index (χ3v) is 3.41. The van der Waals surface area contributed by atoms with Crippen molar-refractivity contribution in [3.63, 3.8) is 0 Å². The third kappa shape index (κ3) is 5.87. The number of amides is 1. The fraction of sp³-hybridized carbons (Fsp3) is 0.211. The summed E-state index contributed by atoms with van der Waals surface area (Å²) in [6.45, 7) is 2.80. The van der Waals surface area contributed by atoms with Crippen molar-refractivity contribution in [2.24, 2.45) is 0 Å². The Morgan fingerprint density at radius 1 is 1.22 bits per heavy atom. The molecule has 0 fully saturated rings. The number of benzene rings is 2. The second kappa shape index (κ2) is 8.63. The van der Waals surface area contributed by atoms with E-state index in [1.165, 1.54) is 0 Å². The zero-order valence-electron chi connectivity index (χ0n) is 13.3. The van der Waals surface area contributed by atoms with Crippen LogP contribution in [0.1, 0.15) is 23.1 Å². The minimum atomic E-state index is -0.401. The van der Waals surface area contributed by atoms with Crippen molar-refractivity contribution < 1.29 is 9.53 Å². The maximum atomic E-state index is 11.6. The molecule has 0 aliphatic rings. The number of nitrogens with one attached hydrogen (secondary N) is 1. The van der Waals surface area contributed by atoms with Crippen LogP contribution in [0.15, 0.2) is 54.6 Å². The molecule has 23 heavy (non-hydrogen) atoms. The number of carbonyl (C=O) groups excluding carboxylic acids is 1. The summed E-state index contributed by atoms with van der Waals surface area (Å²) in [5.74, 6) is 0. The summed E-state index contributed by atoms with van der Waals surface area (Å²) in [4.78, 5) is 11.6. The number of carbonyl (C=O) groups is 1. The first-order chi connectivity index (χ1) is 11.1. The quantitative estimate of drug-likeness (QED) is 0.628. The van der Waals surface area contributed by atoms with E-state index < -0.39 is 6.09 Å². The largest absolute Gasteiger partial charge is 0.445 e.